The minimum atomic E-state index is 1.11. The molecule has 0 aliphatic heterocycles. The summed E-state index contributed by atoms with van der Waals surface area (Å²) < 4.78 is 0. The van der Waals surface area contributed by atoms with Gasteiger partial charge in [-0.15, -0.1) is 0 Å². The van der Waals surface area contributed by atoms with Crippen LogP contribution in [-0.4, -0.2) is 0 Å². The first kappa shape index (κ1) is 13.9. The first-order valence-corrected chi connectivity index (χ1v) is 6.72. The van der Waals surface area contributed by atoms with Crippen molar-refractivity contribution in [3.8, 4) is 0 Å². The van der Waals surface area contributed by atoms with Crippen LogP contribution in [0.25, 0.3) is 0 Å². The van der Waals surface area contributed by atoms with Crippen molar-refractivity contribution >= 4 is 11.4 Å². The van der Waals surface area contributed by atoms with E-state index in [0.717, 1.165) is 17.1 Å². The third-order valence-corrected chi connectivity index (χ3v) is 2.99. The molecule has 0 radical (unpaired) electrons. The van der Waals surface area contributed by atoms with E-state index in [4.69, 9.17) is 0 Å². The second-order valence-electron chi connectivity index (χ2n) is 4.31. The number of para-hydroxylation sites is 2. The standard InChI is InChI=1S/C19H19N/c1-3-5-12-17(4-2)20(18-13-8-6-9-14-18)19-15-10-7-11-16-19/h3-16H,1H2,2H3/b12-5-,17-4+. The molecular formula is C19H19N. The van der Waals surface area contributed by atoms with Crippen LogP contribution >= 0.6 is 0 Å². The molecule has 0 unspecified atom stereocenters. The molecule has 0 atom stereocenters. The van der Waals surface area contributed by atoms with Crippen LogP contribution < -0.4 is 4.90 Å². The lowest BCUT2D eigenvalue weighted by atomic mass is 10.2. The van der Waals surface area contributed by atoms with Crippen LogP contribution in [0.3, 0.4) is 0 Å². The van der Waals surface area contributed by atoms with E-state index < -0.39 is 0 Å². The fourth-order valence-corrected chi connectivity index (χ4v) is 2.07. The normalized spacial score (nSPS) is 11.6. The van der Waals surface area contributed by atoms with Gasteiger partial charge in [0.1, 0.15) is 0 Å². The van der Waals surface area contributed by atoms with Crippen LogP contribution in [0.15, 0.2) is 97.2 Å². The smallest absolute Gasteiger partial charge is 0.0461 e. The van der Waals surface area contributed by atoms with Crippen molar-refractivity contribution in [3.05, 3.63) is 97.2 Å². The molecule has 0 aliphatic rings. The van der Waals surface area contributed by atoms with Crippen molar-refractivity contribution in [3.63, 3.8) is 0 Å². The third kappa shape index (κ3) is 3.27. The maximum Gasteiger partial charge on any atom is 0.0461 e. The zero-order valence-electron chi connectivity index (χ0n) is 11.7. The summed E-state index contributed by atoms with van der Waals surface area (Å²) in [6.45, 7) is 5.78. The van der Waals surface area contributed by atoms with Crippen molar-refractivity contribution < 1.29 is 0 Å². The fraction of sp³-hybridized carbons (Fsp3) is 0.0526. The summed E-state index contributed by atoms with van der Waals surface area (Å²) in [6, 6.07) is 20.7. The molecule has 0 saturated carbocycles. The molecule has 2 aromatic carbocycles. The lowest BCUT2D eigenvalue weighted by molar-refractivity contribution is 1.20. The van der Waals surface area contributed by atoms with Gasteiger partial charge < -0.3 is 4.90 Å². The first-order chi connectivity index (χ1) is 9.86. The van der Waals surface area contributed by atoms with Gasteiger partial charge in [-0.1, -0.05) is 61.2 Å². The van der Waals surface area contributed by atoms with Crippen molar-refractivity contribution in [2.45, 2.75) is 6.92 Å². The number of nitrogens with zero attached hydrogens (tertiary/aromatic N) is 1. The fourth-order valence-electron chi connectivity index (χ4n) is 2.07. The van der Waals surface area contributed by atoms with Gasteiger partial charge in [0.25, 0.3) is 0 Å². The Balaban J connectivity index is 2.50. The molecule has 2 aromatic rings. The highest BCUT2D eigenvalue weighted by molar-refractivity contribution is 5.69. The number of hydrogen-bond acceptors (Lipinski definition) is 1. The molecule has 0 heterocycles. The van der Waals surface area contributed by atoms with E-state index in [0.29, 0.717) is 0 Å². The van der Waals surface area contributed by atoms with Crippen LogP contribution in [0.4, 0.5) is 11.4 Å². The summed E-state index contributed by atoms with van der Waals surface area (Å²) in [5.74, 6) is 0. The second-order valence-corrected chi connectivity index (χ2v) is 4.31. The summed E-state index contributed by atoms with van der Waals surface area (Å²) in [5, 5.41) is 0. The highest BCUT2D eigenvalue weighted by atomic mass is 15.1. The van der Waals surface area contributed by atoms with Crippen LogP contribution in [-0.2, 0) is 0 Å². The number of rotatable bonds is 5. The number of benzene rings is 2. The Labute approximate surface area is 121 Å². The van der Waals surface area contributed by atoms with Gasteiger partial charge >= 0.3 is 0 Å². The van der Waals surface area contributed by atoms with Crippen molar-refractivity contribution in [1.82, 2.24) is 0 Å². The van der Waals surface area contributed by atoms with E-state index >= 15 is 0 Å². The monoisotopic (exact) mass is 261 g/mol. The maximum atomic E-state index is 3.74. The molecule has 0 N–H and O–H groups in total. The quantitative estimate of drug-likeness (QED) is 0.645. The van der Waals surface area contributed by atoms with Crippen LogP contribution in [0.1, 0.15) is 6.92 Å². The Hall–Kier alpha value is -2.54. The van der Waals surface area contributed by atoms with Gasteiger partial charge in [0.2, 0.25) is 0 Å². The molecule has 0 aliphatic carbocycles. The second kappa shape index (κ2) is 7.15. The minimum absolute atomic E-state index is 1.11. The molecule has 0 fully saturated rings. The van der Waals surface area contributed by atoms with Gasteiger partial charge in [0, 0.05) is 17.1 Å². The predicted molar refractivity (Wildman–Crippen MR) is 88.1 cm³/mol. The van der Waals surface area contributed by atoms with E-state index in [2.05, 4.69) is 72.2 Å². The molecule has 0 amide bonds. The number of anilines is 2. The van der Waals surface area contributed by atoms with E-state index in [1.54, 1.807) is 6.08 Å². The van der Waals surface area contributed by atoms with Crippen molar-refractivity contribution in [1.29, 1.82) is 0 Å². The molecule has 1 nitrogen and oxygen atoms in total. The van der Waals surface area contributed by atoms with E-state index in [9.17, 15) is 0 Å². The molecular weight excluding hydrogens is 242 g/mol. The van der Waals surface area contributed by atoms with Gasteiger partial charge in [0.05, 0.1) is 0 Å². The summed E-state index contributed by atoms with van der Waals surface area (Å²) in [4.78, 5) is 2.22. The lowest BCUT2D eigenvalue weighted by Gasteiger charge is -2.26. The van der Waals surface area contributed by atoms with Crippen LogP contribution in [0, 0.1) is 0 Å². The summed E-state index contributed by atoms with van der Waals surface area (Å²) in [5.41, 5.74) is 3.39. The molecule has 0 aromatic heterocycles. The summed E-state index contributed by atoms with van der Waals surface area (Å²) in [7, 11) is 0. The van der Waals surface area contributed by atoms with Crippen LogP contribution in [0.5, 0.6) is 0 Å². The zero-order valence-corrected chi connectivity index (χ0v) is 11.7. The zero-order chi connectivity index (χ0) is 14.2. The molecule has 1 heteroatoms. The van der Waals surface area contributed by atoms with E-state index in [1.807, 2.05) is 25.1 Å². The molecule has 0 bridgehead atoms. The molecule has 2 rings (SSSR count). The van der Waals surface area contributed by atoms with Crippen molar-refractivity contribution in [2.24, 2.45) is 0 Å². The number of hydrogen-bond donors (Lipinski definition) is 0. The maximum absolute atomic E-state index is 3.74. The predicted octanol–water partition coefficient (Wildman–Crippen LogP) is 5.47. The SMILES string of the molecule is C=C/C=C\C(=C/C)N(c1ccccc1)c1ccccc1. The molecule has 100 valence electrons. The minimum Gasteiger partial charge on any atom is -0.311 e. The van der Waals surface area contributed by atoms with Gasteiger partial charge in [-0.3, -0.25) is 0 Å². The Kier molecular flexibility index (Phi) is 4.96. The van der Waals surface area contributed by atoms with Crippen molar-refractivity contribution in [2.75, 3.05) is 4.90 Å². The molecule has 20 heavy (non-hydrogen) atoms. The average molecular weight is 261 g/mol. The van der Waals surface area contributed by atoms with Gasteiger partial charge in [-0.2, -0.15) is 0 Å². The first-order valence-electron chi connectivity index (χ1n) is 6.72. The van der Waals surface area contributed by atoms with Gasteiger partial charge in [-0.05, 0) is 37.3 Å². The summed E-state index contributed by atoms with van der Waals surface area (Å²) in [6.07, 6.45) is 7.90. The third-order valence-electron chi connectivity index (χ3n) is 2.99. The lowest BCUT2D eigenvalue weighted by Crippen LogP contribution is -2.14. The highest BCUT2D eigenvalue weighted by Crippen LogP contribution is 2.29. The topological polar surface area (TPSA) is 3.24 Å². The Bertz CT molecular complexity index is 555. The van der Waals surface area contributed by atoms with Crippen LogP contribution in [0.2, 0.25) is 0 Å². The molecule has 0 saturated heterocycles. The Morgan fingerprint density at radius 1 is 0.900 bits per heavy atom. The van der Waals surface area contributed by atoms with E-state index in [-0.39, 0.29) is 0 Å². The Morgan fingerprint density at radius 3 is 1.80 bits per heavy atom. The van der Waals surface area contributed by atoms with Gasteiger partial charge in [-0.25, -0.2) is 0 Å². The Morgan fingerprint density at radius 2 is 1.40 bits per heavy atom. The molecule has 0 spiro atoms. The van der Waals surface area contributed by atoms with Gasteiger partial charge in [0.15, 0.2) is 0 Å². The average Bonchev–Trinajstić information content (AvgIpc) is 2.53. The largest absolute Gasteiger partial charge is 0.311 e. The van der Waals surface area contributed by atoms with E-state index in [1.165, 1.54) is 0 Å². The highest BCUT2D eigenvalue weighted by Gasteiger charge is 2.11. The number of allylic oxidation sites excluding steroid dienone is 4. The summed E-state index contributed by atoms with van der Waals surface area (Å²) >= 11 is 0.